The van der Waals surface area contributed by atoms with Crippen LogP contribution in [-0.2, 0) is 17.9 Å². The molecular weight excluding hydrogens is 428 g/mol. The molecule has 0 saturated heterocycles. The number of rotatable bonds is 8. The van der Waals surface area contributed by atoms with Crippen LogP contribution in [0.5, 0.6) is 0 Å². The van der Waals surface area contributed by atoms with Gasteiger partial charge in [0.25, 0.3) is 0 Å². The number of hydrogen-bond acceptors (Lipinski definition) is 3. The molecule has 0 unspecified atom stereocenters. The Morgan fingerprint density at radius 3 is 2.47 bits per heavy atom. The predicted octanol–water partition coefficient (Wildman–Crippen LogP) is 3.14. The van der Waals surface area contributed by atoms with Gasteiger partial charge in [-0.3, -0.25) is 14.4 Å². The van der Waals surface area contributed by atoms with Gasteiger partial charge in [0.05, 0.1) is 11.0 Å². The molecule has 0 spiro atoms. The molecule has 4 aromatic rings. The zero-order chi connectivity index (χ0) is 22.5. The average molecular weight is 451 g/mol. The van der Waals surface area contributed by atoms with Crippen molar-refractivity contribution in [2.75, 3.05) is 6.54 Å². The molecule has 8 heteroatoms. The Balaban J connectivity index is 1.44. The van der Waals surface area contributed by atoms with Crippen LogP contribution < -0.4 is 16.4 Å². The number of aromatic amines is 1. The summed E-state index contributed by atoms with van der Waals surface area (Å²) in [4.78, 5) is 39.6. The van der Waals surface area contributed by atoms with Gasteiger partial charge in [0.1, 0.15) is 0 Å². The quantitative estimate of drug-likeness (QED) is 0.404. The van der Waals surface area contributed by atoms with Gasteiger partial charge in [-0.05, 0) is 42.0 Å². The molecule has 1 amide bonds. The molecule has 0 saturated carbocycles. The number of benzene rings is 2. The van der Waals surface area contributed by atoms with Crippen molar-refractivity contribution in [2.45, 2.75) is 25.4 Å². The van der Waals surface area contributed by atoms with Crippen LogP contribution in [-0.4, -0.2) is 26.6 Å². The zero-order valence-corrected chi connectivity index (χ0v) is 18.1. The molecule has 0 fully saturated rings. The molecule has 2 N–H and O–H groups in total. The van der Waals surface area contributed by atoms with Crippen LogP contribution in [0.15, 0.2) is 82.6 Å². The van der Waals surface area contributed by atoms with Crippen molar-refractivity contribution in [3.63, 3.8) is 0 Å². The highest BCUT2D eigenvalue weighted by Gasteiger charge is 2.17. The number of nitrogens with zero attached hydrogens (tertiary/aromatic N) is 2. The molecule has 7 nitrogen and oxygen atoms in total. The number of halogens is 1. The number of fused-ring (bicyclic) bond motifs is 1. The highest BCUT2D eigenvalue weighted by molar-refractivity contribution is 6.30. The number of para-hydroxylation sites is 2. The monoisotopic (exact) mass is 450 g/mol. The minimum absolute atomic E-state index is 0.0391. The van der Waals surface area contributed by atoms with Crippen molar-refractivity contribution in [1.82, 2.24) is 19.4 Å². The topological polar surface area (TPSA) is 88.9 Å². The van der Waals surface area contributed by atoms with Crippen molar-refractivity contribution >= 4 is 28.5 Å². The van der Waals surface area contributed by atoms with Crippen LogP contribution in [0, 0.1) is 0 Å². The molecular formula is C24H23ClN4O3. The van der Waals surface area contributed by atoms with Crippen LogP contribution in [0.25, 0.3) is 11.0 Å². The summed E-state index contributed by atoms with van der Waals surface area (Å²) in [5.74, 6) is -0.165. The summed E-state index contributed by atoms with van der Waals surface area (Å²) in [5, 5.41) is 3.53. The third kappa shape index (κ3) is 5.00. The van der Waals surface area contributed by atoms with Gasteiger partial charge in [-0.15, -0.1) is 0 Å². The minimum atomic E-state index is -0.676. The molecule has 1 atom stereocenters. The fourth-order valence-corrected chi connectivity index (χ4v) is 3.94. The van der Waals surface area contributed by atoms with E-state index in [1.807, 2.05) is 53.4 Å². The van der Waals surface area contributed by atoms with Gasteiger partial charge in [-0.2, -0.15) is 0 Å². The maximum absolute atomic E-state index is 12.7. The molecule has 164 valence electrons. The smallest absolute Gasteiger partial charge is 0.316 e. The molecule has 4 rings (SSSR count). The average Bonchev–Trinajstić information content (AvgIpc) is 3.30. The highest BCUT2D eigenvalue weighted by Crippen LogP contribution is 2.24. The van der Waals surface area contributed by atoms with E-state index >= 15 is 0 Å². The van der Waals surface area contributed by atoms with E-state index in [2.05, 4.69) is 10.3 Å². The molecule has 32 heavy (non-hydrogen) atoms. The Morgan fingerprint density at radius 2 is 1.72 bits per heavy atom. The lowest BCUT2D eigenvalue weighted by atomic mass is 9.95. The SMILES string of the molecule is O=C(C[C@H](Cn1cccc1)c1ccc(Cl)cc1)NCCn1c(=O)c(=O)[nH]c2ccccc21. The van der Waals surface area contributed by atoms with Crippen LogP contribution in [0.3, 0.4) is 0 Å². The fourth-order valence-electron chi connectivity index (χ4n) is 3.82. The summed E-state index contributed by atoms with van der Waals surface area (Å²) < 4.78 is 3.43. The van der Waals surface area contributed by atoms with Crippen molar-refractivity contribution < 1.29 is 4.79 Å². The molecule has 0 bridgehead atoms. The predicted molar refractivity (Wildman–Crippen MR) is 125 cm³/mol. The Hall–Kier alpha value is -3.58. The third-order valence-corrected chi connectivity index (χ3v) is 5.66. The Labute approximate surface area is 189 Å². The lowest BCUT2D eigenvalue weighted by Gasteiger charge is -2.18. The van der Waals surface area contributed by atoms with Gasteiger partial charge in [0, 0.05) is 49.4 Å². The summed E-state index contributed by atoms with van der Waals surface area (Å²) in [6.07, 6.45) is 4.21. The van der Waals surface area contributed by atoms with Crippen LogP contribution in [0.2, 0.25) is 5.02 Å². The van der Waals surface area contributed by atoms with Crippen molar-refractivity contribution in [3.8, 4) is 0 Å². The lowest BCUT2D eigenvalue weighted by molar-refractivity contribution is -0.121. The van der Waals surface area contributed by atoms with Gasteiger partial charge < -0.3 is 19.4 Å². The maximum atomic E-state index is 12.7. The second kappa shape index (κ2) is 9.70. The van der Waals surface area contributed by atoms with E-state index in [0.717, 1.165) is 5.56 Å². The molecule has 0 aliphatic carbocycles. The van der Waals surface area contributed by atoms with Crippen molar-refractivity contribution in [2.24, 2.45) is 0 Å². The largest absolute Gasteiger partial charge is 0.354 e. The minimum Gasteiger partial charge on any atom is -0.354 e. The van der Waals surface area contributed by atoms with Gasteiger partial charge in [-0.1, -0.05) is 35.9 Å². The van der Waals surface area contributed by atoms with E-state index in [1.165, 1.54) is 4.57 Å². The van der Waals surface area contributed by atoms with Crippen LogP contribution in [0.4, 0.5) is 0 Å². The van der Waals surface area contributed by atoms with Gasteiger partial charge in [0.15, 0.2) is 0 Å². The van der Waals surface area contributed by atoms with Crippen LogP contribution >= 0.6 is 11.6 Å². The summed E-state index contributed by atoms with van der Waals surface area (Å²) in [7, 11) is 0. The first-order valence-electron chi connectivity index (χ1n) is 10.4. The Morgan fingerprint density at radius 1 is 1.00 bits per heavy atom. The first-order valence-corrected chi connectivity index (χ1v) is 10.7. The van der Waals surface area contributed by atoms with E-state index in [0.29, 0.717) is 22.6 Å². The van der Waals surface area contributed by atoms with Gasteiger partial charge >= 0.3 is 11.1 Å². The number of nitrogens with one attached hydrogen (secondary N) is 2. The lowest BCUT2D eigenvalue weighted by Crippen LogP contribution is -2.39. The fraction of sp³-hybridized carbons (Fsp3) is 0.208. The first kappa shape index (κ1) is 21.6. The Bertz CT molecular complexity index is 1320. The number of hydrogen-bond donors (Lipinski definition) is 2. The van der Waals surface area contributed by atoms with Gasteiger partial charge in [-0.25, -0.2) is 0 Å². The number of carbonyl (C=O) groups is 1. The first-order chi connectivity index (χ1) is 15.5. The van der Waals surface area contributed by atoms with Crippen LogP contribution in [0.1, 0.15) is 17.9 Å². The molecule has 0 radical (unpaired) electrons. The summed E-state index contributed by atoms with van der Waals surface area (Å²) in [6.45, 7) is 1.10. The normalized spacial score (nSPS) is 12.0. The van der Waals surface area contributed by atoms with Crippen molar-refractivity contribution in [1.29, 1.82) is 0 Å². The molecule has 2 heterocycles. The molecule has 2 aromatic carbocycles. The number of carbonyl (C=O) groups excluding carboxylic acids is 1. The number of H-pyrrole nitrogens is 1. The number of aromatic nitrogens is 3. The molecule has 0 aliphatic rings. The van der Waals surface area contributed by atoms with E-state index < -0.39 is 11.1 Å². The van der Waals surface area contributed by atoms with E-state index in [4.69, 9.17) is 11.6 Å². The highest BCUT2D eigenvalue weighted by atomic mass is 35.5. The third-order valence-electron chi connectivity index (χ3n) is 5.41. The Kier molecular flexibility index (Phi) is 6.56. The van der Waals surface area contributed by atoms with Crippen molar-refractivity contribution in [3.05, 3.63) is 104 Å². The second-order valence-corrected chi connectivity index (χ2v) is 8.05. The number of amides is 1. The summed E-state index contributed by atoms with van der Waals surface area (Å²) in [6, 6.07) is 18.5. The van der Waals surface area contributed by atoms with E-state index in [1.54, 1.807) is 24.3 Å². The molecule has 2 aromatic heterocycles. The summed E-state index contributed by atoms with van der Waals surface area (Å²) in [5.41, 5.74) is 0.917. The van der Waals surface area contributed by atoms with Gasteiger partial charge in [0.2, 0.25) is 5.91 Å². The molecule has 0 aliphatic heterocycles. The van der Waals surface area contributed by atoms with E-state index in [9.17, 15) is 14.4 Å². The second-order valence-electron chi connectivity index (χ2n) is 7.61. The maximum Gasteiger partial charge on any atom is 0.316 e. The standard InChI is InChI=1S/C24H23ClN4O3/c25-19-9-7-17(8-10-19)18(16-28-12-3-4-13-28)15-22(30)26-11-14-29-21-6-2-1-5-20(21)27-23(31)24(29)32/h1-10,12-13,18H,11,14-16H2,(H,26,30)(H,27,31)/t18-/m1/s1. The summed E-state index contributed by atoms with van der Waals surface area (Å²) >= 11 is 6.02. The van der Waals surface area contributed by atoms with E-state index in [-0.39, 0.29) is 31.3 Å². The zero-order valence-electron chi connectivity index (χ0n) is 17.3.